The number of nitrogens with zero attached hydrogens (tertiary/aromatic N) is 2. The Morgan fingerprint density at radius 2 is 2.00 bits per heavy atom. The first-order chi connectivity index (χ1) is 7.15. The molecule has 0 fully saturated rings. The molecule has 1 heterocycles. The van der Waals surface area contributed by atoms with Gasteiger partial charge in [-0.3, -0.25) is 14.6 Å². The quantitative estimate of drug-likeness (QED) is 0.539. The summed E-state index contributed by atoms with van der Waals surface area (Å²) in [5, 5.41) is 0. The minimum atomic E-state index is -0.541. The molecule has 0 aliphatic heterocycles. The average molecular weight is 208 g/mol. The van der Waals surface area contributed by atoms with E-state index in [0.717, 1.165) is 0 Å². The van der Waals surface area contributed by atoms with Crippen molar-refractivity contribution in [1.82, 2.24) is 4.98 Å². The van der Waals surface area contributed by atoms with E-state index >= 15 is 0 Å². The third kappa shape index (κ3) is 3.05. The fraction of sp³-hybridized carbons (Fsp3) is 0.300. The Hall–Kier alpha value is -1.91. The molecule has 1 aromatic rings. The standard InChI is InChI=1S/C10H12N2O3/c1-12(8-3-5-11-6-4-8)9(13)7-10(14)15-2/h3-6H,7H2,1-2H3. The van der Waals surface area contributed by atoms with E-state index < -0.39 is 5.97 Å². The van der Waals surface area contributed by atoms with Crippen molar-refractivity contribution in [2.24, 2.45) is 0 Å². The number of ether oxygens (including phenoxy) is 1. The van der Waals surface area contributed by atoms with Crippen molar-refractivity contribution in [3.63, 3.8) is 0 Å². The Morgan fingerprint density at radius 3 is 2.53 bits per heavy atom. The number of esters is 1. The smallest absolute Gasteiger partial charge is 0.315 e. The largest absolute Gasteiger partial charge is 0.469 e. The van der Waals surface area contributed by atoms with Gasteiger partial charge in [0.1, 0.15) is 6.42 Å². The van der Waals surface area contributed by atoms with Gasteiger partial charge >= 0.3 is 5.97 Å². The second-order valence-corrected chi connectivity index (χ2v) is 2.91. The Labute approximate surface area is 87.7 Å². The summed E-state index contributed by atoms with van der Waals surface area (Å²) in [7, 11) is 2.85. The Bertz CT molecular complexity index is 351. The molecule has 80 valence electrons. The molecule has 1 amide bonds. The van der Waals surface area contributed by atoms with E-state index in [1.165, 1.54) is 12.0 Å². The molecule has 0 saturated carbocycles. The van der Waals surface area contributed by atoms with Crippen molar-refractivity contribution in [2.75, 3.05) is 19.1 Å². The number of hydrogen-bond donors (Lipinski definition) is 0. The monoisotopic (exact) mass is 208 g/mol. The van der Waals surface area contributed by atoms with Gasteiger partial charge in [0.15, 0.2) is 0 Å². The maximum Gasteiger partial charge on any atom is 0.315 e. The summed E-state index contributed by atoms with van der Waals surface area (Å²) in [6.45, 7) is 0. The van der Waals surface area contributed by atoms with Crippen LogP contribution in [0.25, 0.3) is 0 Å². The van der Waals surface area contributed by atoms with Crippen molar-refractivity contribution < 1.29 is 14.3 Å². The lowest BCUT2D eigenvalue weighted by Crippen LogP contribution is -2.28. The maximum atomic E-state index is 11.5. The minimum absolute atomic E-state index is 0.255. The summed E-state index contributed by atoms with van der Waals surface area (Å²) >= 11 is 0. The number of amides is 1. The lowest BCUT2D eigenvalue weighted by Gasteiger charge is -2.15. The van der Waals surface area contributed by atoms with Gasteiger partial charge in [0.2, 0.25) is 5.91 Å². The van der Waals surface area contributed by atoms with Gasteiger partial charge < -0.3 is 9.64 Å². The third-order valence-corrected chi connectivity index (χ3v) is 1.95. The number of methoxy groups -OCH3 is 1. The fourth-order valence-corrected chi connectivity index (χ4v) is 1.03. The summed E-state index contributed by atoms with van der Waals surface area (Å²) in [6.07, 6.45) is 2.91. The first-order valence-corrected chi connectivity index (χ1v) is 4.38. The molecule has 0 aliphatic carbocycles. The highest BCUT2D eigenvalue weighted by Crippen LogP contribution is 2.10. The molecule has 5 heteroatoms. The zero-order valence-corrected chi connectivity index (χ0v) is 8.64. The van der Waals surface area contributed by atoms with Crippen LogP contribution in [0, 0.1) is 0 Å². The summed E-state index contributed by atoms with van der Waals surface area (Å²) in [5.74, 6) is -0.853. The third-order valence-electron chi connectivity index (χ3n) is 1.95. The van der Waals surface area contributed by atoms with Gasteiger partial charge in [-0.15, -0.1) is 0 Å². The highest BCUT2D eigenvalue weighted by Gasteiger charge is 2.15. The molecule has 0 radical (unpaired) electrons. The van der Waals surface area contributed by atoms with E-state index in [-0.39, 0.29) is 12.3 Å². The van der Waals surface area contributed by atoms with E-state index in [1.807, 2.05) is 0 Å². The van der Waals surface area contributed by atoms with Crippen LogP contribution >= 0.6 is 0 Å². The molecule has 0 saturated heterocycles. The molecule has 0 atom stereocenters. The van der Waals surface area contributed by atoms with E-state index in [2.05, 4.69) is 9.72 Å². The van der Waals surface area contributed by atoms with E-state index in [0.29, 0.717) is 5.69 Å². The van der Waals surface area contributed by atoms with Gasteiger partial charge in [-0.1, -0.05) is 0 Å². The molecule has 0 aliphatic rings. The van der Waals surface area contributed by atoms with Crippen molar-refractivity contribution >= 4 is 17.6 Å². The molecule has 1 rings (SSSR count). The van der Waals surface area contributed by atoms with Gasteiger partial charge in [0, 0.05) is 25.1 Å². The van der Waals surface area contributed by atoms with Crippen LogP contribution in [-0.4, -0.2) is 31.0 Å². The predicted molar refractivity (Wildman–Crippen MR) is 54.3 cm³/mol. The molecule has 0 N–H and O–H groups in total. The molecule has 5 nitrogen and oxygen atoms in total. The zero-order valence-electron chi connectivity index (χ0n) is 8.64. The molecule has 0 unspecified atom stereocenters. The summed E-state index contributed by atoms with van der Waals surface area (Å²) < 4.78 is 4.41. The first-order valence-electron chi connectivity index (χ1n) is 4.38. The topological polar surface area (TPSA) is 59.5 Å². The predicted octanol–water partition coefficient (Wildman–Crippen LogP) is 0.607. The molecule has 0 aromatic carbocycles. The van der Waals surface area contributed by atoms with Crippen LogP contribution < -0.4 is 4.90 Å². The first kappa shape index (κ1) is 11.2. The average Bonchev–Trinajstić information content (AvgIpc) is 2.29. The van der Waals surface area contributed by atoms with E-state index in [9.17, 15) is 9.59 Å². The number of rotatable bonds is 3. The van der Waals surface area contributed by atoms with Crippen LogP contribution in [0.15, 0.2) is 24.5 Å². The fourth-order valence-electron chi connectivity index (χ4n) is 1.03. The molecular formula is C10H12N2O3. The van der Waals surface area contributed by atoms with Gasteiger partial charge in [0.05, 0.1) is 7.11 Å². The highest BCUT2D eigenvalue weighted by atomic mass is 16.5. The van der Waals surface area contributed by atoms with Crippen molar-refractivity contribution in [1.29, 1.82) is 0 Å². The Balaban J connectivity index is 2.65. The van der Waals surface area contributed by atoms with Gasteiger partial charge in [-0.05, 0) is 12.1 Å². The molecule has 15 heavy (non-hydrogen) atoms. The number of carbonyl (C=O) groups is 2. The summed E-state index contributed by atoms with van der Waals surface area (Å²) in [6, 6.07) is 3.38. The van der Waals surface area contributed by atoms with Gasteiger partial charge in [-0.25, -0.2) is 0 Å². The number of pyridine rings is 1. The van der Waals surface area contributed by atoms with Gasteiger partial charge in [0.25, 0.3) is 0 Å². The summed E-state index contributed by atoms with van der Waals surface area (Å²) in [5.41, 5.74) is 0.693. The van der Waals surface area contributed by atoms with Crippen LogP contribution in [0.4, 0.5) is 5.69 Å². The van der Waals surface area contributed by atoms with E-state index in [1.54, 1.807) is 31.6 Å². The van der Waals surface area contributed by atoms with Crippen molar-refractivity contribution in [2.45, 2.75) is 6.42 Å². The zero-order chi connectivity index (χ0) is 11.3. The second kappa shape index (κ2) is 5.09. The normalized spacial score (nSPS) is 9.47. The summed E-state index contributed by atoms with van der Waals surface area (Å²) in [4.78, 5) is 27.6. The van der Waals surface area contributed by atoms with Crippen LogP contribution in [0.5, 0.6) is 0 Å². The molecule has 1 aromatic heterocycles. The van der Waals surface area contributed by atoms with Crippen molar-refractivity contribution in [3.8, 4) is 0 Å². The van der Waals surface area contributed by atoms with Crippen LogP contribution in [-0.2, 0) is 14.3 Å². The molecule has 0 bridgehead atoms. The van der Waals surface area contributed by atoms with Crippen LogP contribution in [0.1, 0.15) is 6.42 Å². The van der Waals surface area contributed by atoms with Gasteiger partial charge in [-0.2, -0.15) is 0 Å². The number of anilines is 1. The maximum absolute atomic E-state index is 11.5. The number of aromatic nitrogens is 1. The highest BCUT2D eigenvalue weighted by molar-refractivity contribution is 6.03. The number of hydrogen-bond acceptors (Lipinski definition) is 4. The second-order valence-electron chi connectivity index (χ2n) is 2.91. The van der Waals surface area contributed by atoms with Crippen molar-refractivity contribution in [3.05, 3.63) is 24.5 Å². The van der Waals surface area contributed by atoms with E-state index in [4.69, 9.17) is 0 Å². The van der Waals surface area contributed by atoms with Crippen LogP contribution in [0.3, 0.4) is 0 Å². The van der Waals surface area contributed by atoms with Crippen LogP contribution in [0.2, 0.25) is 0 Å². The Morgan fingerprint density at radius 1 is 1.40 bits per heavy atom. The lowest BCUT2D eigenvalue weighted by atomic mass is 10.3. The number of carbonyl (C=O) groups excluding carboxylic acids is 2. The Kier molecular flexibility index (Phi) is 3.79. The molecular weight excluding hydrogens is 196 g/mol. The lowest BCUT2D eigenvalue weighted by molar-refractivity contribution is -0.143. The SMILES string of the molecule is COC(=O)CC(=O)N(C)c1ccncc1. The minimum Gasteiger partial charge on any atom is -0.469 e. The molecule has 0 spiro atoms.